The van der Waals surface area contributed by atoms with Crippen LogP contribution in [0.25, 0.3) is 0 Å². The van der Waals surface area contributed by atoms with E-state index in [2.05, 4.69) is 10.4 Å². The fourth-order valence-corrected chi connectivity index (χ4v) is 1.77. The van der Waals surface area contributed by atoms with Crippen LogP contribution in [0.5, 0.6) is 0 Å². The molecule has 1 aromatic carbocycles. The number of nitrogens with zero attached hydrogens (tertiary/aromatic N) is 2. The van der Waals surface area contributed by atoms with Crippen LogP contribution >= 0.6 is 0 Å². The SMILES string of the molecule is CCn1cc(C(=O)Nc2ccc(C)c(F)c2)c(C)n1. The Morgan fingerprint density at radius 2 is 2.16 bits per heavy atom. The molecule has 1 amide bonds. The van der Waals surface area contributed by atoms with Crippen molar-refractivity contribution in [1.82, 2.24) is 9.78 Å². The van der Waals surface area contributed by atoms with Gasteiger partial charge in [0.2, 0.25) is 0 Å². The molecule has 1 heterocycles. The van der Waals surface area contributed by atoms with E-state index in [0.717, 1.165) is 0 Å². The zero-order valence-electron chi connectivity index (χ0n) is 11.2. The van der Waals surface area contributed by atoms with Gasteiger partial charge >= 0.3 is 0 Å². The molecular weight excluding hydrogens is 245 g/mol. The number of carbonyl (C=O) groups excluding carboxylic acids is 1. The lowest BCUT2D eigenvalue weighted by molar-refractivity contribution is 0.102. The molecule has 0 fully saturated rings. The van der Waals surface area contributed by atoms with Gasteiger partial charge in [0, 0.05) is 18.4 Å². The zero-order valence-corrected chi connectivity index (χ0v) is 11.2. The molecule has 0 spiro atoms. The van der Waals surface area contributed by atoms with Crippen molar-refractivity contribution in [2.24, 2.45) is 0 Å². The molecule has 0 unspecified atom stereocenters. The number of carbonyl (C=O) groups is 1. The largest absolute Gasteiger partial charge is 0.322 e. The Kier molecular flexibility index (Phi) is 3.64. The molecule has 0 aliphatic rings. The van der Waals surface area contributed by atoms with E-state index < -0.39 is 0 Å². The van der Waals surface area contributed by atoms with Crippen LogP contribution < -0.4 is 5.32 Å². The molecule has 0 radical (unpaired) electrons. The molecule has 0 bridgehead atoms. The summed E-state index contributed by atoms with van der Waals surface area (Å²) in [6.45, 7) is 6.10. The Balaban J connectivity index is 2.20. The third kappa shape index (κ3) is 2.81. The predicted octanol–water partition coefficient (Wildman–Crippen LogP) is 2.91. The summed E-state index contributed by atoms with van der Waals surface area (Å²) in [6.07, 6.45) is 1.69. The first-order chi connectivity index (χ1) is 9.01. The van der Waals surface area contributed by atoms with Crippen LogP contribution in [0.3, 0.4) is 0 Å². The van der Waals surface area contributed by atoms with E-state index in [9.17, 15) is 9.18 Å². The van der Waals surface area contributed by atoms with Crippen molar-refractivity contribution in [2.45, 2.75) is 27.3 Å². The number of rotatable bonds is 3. The molecule has 5 heteroatoms. The second-order valence-corrected chi connectivity index (χ2v) is 4.40. The summed E-state index contributed by atoms with van der Waals surface area (Å²) in [5.74, 6) is -0.612. The summed E-state index contributed by atoms with van der Waals surface area (Å²) in [7, 11) is 0. The van der Waals surface area contributed by atoms with Gasteiger partial charge in [-0.05, 0) is 38.5 Å². The highest BCUT2D eigenvalue weighted by atomic mass is 19.1. The summed E-state index contributed by atoms with van der Waals surface area (Å²) in [5, 5.41) is 6.88. The minimum absolute atomic E-state index is 0.277. The first kappa shape index (κ1) is 13.3. The standard InChI is InChI=1S/C14H16FN3O/c1-4-18-8-12(10(3)17-18)14(19)16-11-6-5-9(2)13(15)7-11/h5-8H,4H2,1-3H3,(H,16,19). The molecule has 2 rings (SSSR count). The van der Waals surface area contributed by atoms with Gasteiger partial charge in [-0.1, -0.05) is 6.07 Å². The van der Waals surface area contributed by atoms with E-state index in [-0.39, 0.29) is 11.7 Å². The van der Waals surface area contributed by atoms with E-state index in [1.54, 1.807) is 36.9 Å². The van der Waals surface area contributed by atoms with Gasteiger partial charge in [0.05, 0.1) is 11.3 Å². The fourth-order valence-electron chi connectivity index (χ4n) is 1.77. The van der Waals surface area contributed by atoms with Crippen LogP contribution in [0.1, 0.15) is 28.5 Å². The summed E-state index contributed by atoms with van der Waals surface area (Å²) in [6, 6.07) is 4.62. The maximum Gasteiger partial charge on any atom is 0.259 e. The van der Waals surface area contributed by atoms with E-state index in [1.165, 1.54) is 6.07 Å². The number of aromatic nitrogens is 2. The summed E-state index contributed by atoms with van der Waals surface area (Å²) < 4.78 is 15.1. The molecule has 0 atom stereocenters. The monoisotopic (exact) mass is 261 g/mol. The van der Waals surface area contributed by atoms with Crippen LogP contribution in [0.2, 0.25) is 0 Å². The van der Waals surface area contributed by atoms with Crippen LogP contribution in [-0.2, 0) is 6.54 Å². The van der Waals surface area contributed by atoms with E-state index in [4.69, 9.17) is 0 Å². The molecule has 2 aromatic rings. The highest BCUT2D eigenvalue weighted by Gasteiger charge is 2.13. The number of anilines is 1. The first-order valence-corrected chi connectivity index (χ1v) is 6.12. The highest BCUT2D eigenvalue weighted by Crippen LogP contribution is 2.15. The molecule has 1 N–H and O–H groups in total. The van der Waals surface area contributed by atoms with Crippen LogP contribution in [-0.4, -0.2) is 15.7 Å². The number of amides is 1. The number of halogens is 1. The summed E-state index contributed by atoms with van der Waals surface area (Å²) in [5.41, 5.74) is 2.15. The average Bonchev–Trinajstić information content (AvgIpc) is 2.75. The van der Waals surface area contributed by atoms with Gasteiger partial charge in [0.15, 0.2) is 0 Å². The van der Waals surface area contributed by atoms with Crippen molar-refractivity contribution in [2.75, 3.05) is 5.32 Å². The van der Waals surface area contributed by atoms with Crippen molar-refractivity contribution < 1.29 is 9.18 Å². The minimum atomic E-state index is -0.334. The van der Waals surface area contributed by atoms with E-state index in [1.807, 2.05) is 6.92 Å². The van der Waals surface area contributed by atoms with Gasteiger partial charge in [-0.15, -0.1) is 0 Å². The Morgan fingerprint density at radius 1 is 1.42 bits per heavy atom. The Hall–Kier alpha value is -2.17. The molecule has 0 saturated heterocycles. The molecule has 0 saturated carbocycles. The fraction of sp³-hybridized carbons (Fsp3) is 0.286. The van der Waals surface area contributed by atoms with Gasteiger partial charge < -0.3 is 5.32 Å². The van der Waals surface area contributed by atoms with Crippen molar-refractivity contribution >= 4 is 11.6 Å². The van der Waals surface area contributed by atoms with Gasteiger partial charge in [-0.3, -0.25) is 9.48 Å². The normalized spacial score (nSPS) is 10.5. The van der Waals surface area contributed by atoms with Crippen molar-refractivity contribution in [3.8, 4) is 0 Å². The number of hydrogen-bond acceptors (Lipinski definition) is 2. The van der Waals surface area contributed by atoms with Crippen LogP contribution in [0.15, 0.2) is 24.4 Å². The van der Waals surface area contributed by atoms with Gasteiger partial charge in [0.25, 0.3) is 5.91 Å². The highest BCUT2D eigenvalue weighted by molar-refractivity contribution is 6.04. The van der Waals surface area contributed by atoms with Gasteiger partial charge in [-0.25, -0.2) is 4.39 Å². The topological polar surface area (TPSA) is 46.9 Å². The third-order valence-corrected chi connectivity index (χ3v) is 2.94. The number of aryl methyl sites for hydroxylation is 3. The van der Waals surface area contributed by atoms with Crippen LogP contribution in [0, 0.1) is 19.7 Å². The third-order valence-electron chi connectivity index (χ3n) is 2.94. The van der Waals surface area contributed by atoms with E-state index >= 15 is 0 Å². The molecule has 19 heavy (non-hydrogen) atoms. The van der Waals surface area contributed by atoms with Crippen molar-refractivity contribution in [3.63, 3.8) is 0 Å². The number of nitrogens with one attached hydrogen (secondary N) is 1. The lowest BCUT2D eigenvalue weighted by Crippen LogP contribution is -2.12. The number of benzene rings is 1. The maximum absolute atomic E-state index is 13.4. The summed E-state index contributed by atoms with van der Waals surface area (Å²) in [4.78, 5) is 12.1. The van der Waals surface area contributed by atoms with Gasteiger partial charge in [-0.2, -0.15) is 5.10 Å². The molecule has 4 nitrogen and oxygen atoms in total. The average molecular weight is 261 g/mol. The zero-order chi connectivity index (χ0) is 14.0. The molecule has 1 aromatic heterocycles. The molecule has 0 aliphatic heterocycles. The second kappa shape index (κ2) is 5.22. The second-order valence-electron chi connectivity index (χ2n) is 4.40. The molecular formula is C14H16FN3O. The number of hydrogen-bond donors (Lipinski definition) is 1. The Morgan fingerprint density at radius 3 is 2.74 bits per heavy atom. The van der Waals surface area contributed by atoms with Crippen molar-refractivity contribution in [3.05, 3.63) is 47.0 Å². The van der Waals surface area contributed by atoms with Crippen LogP contribution in [0.4, 0.5) is 10.1 Å². The Labute approximate surface area is 111 Å². The minimum Gasteiger partial charge on any atom is -0.322 e. The Bertz CT molecular complexity index is 619. The lowest BCUT2D eigenvalue weighted by atomic mass is 10.2. The molecule has 100 valence electrons. The quantitative estimate of drug-likeness (QED) is 0.923. The predicted molar refractivity (Wildman–Crippen MR) is 71.7 cm³/mol. The lowest BCUT2D eigenvalue weighted by Gasteiger charge is -2.05. The van der Waals surface area contributed by atoms with Crippen molar-refractivity contribution in [1.29, 1.82) is 0 Å². The van der Waals surface area contributed by atoms with E-state index in [0.29, 0.717) is 29.1 Å². The molecule has 0 aliphatic carbocycles. The maximum atomic E-state index is 13.4. The van der Waals surface area contributed by atoms with Gasteiger partial charge in [0.1, 0.15) is 5.82 Å². The smallest absolute Gasteiger partial charge is 0.259 e. The first-order valence-electron chi connectivity index (χ1n) is 6.12. The summed E-state index contributed by atoms with van der Waals surface area (Å²) >= 11 is 0.